The number of nitrogens with zero attached hydrogens (tertiary/aromatic N) is 3. The highest BCUT2D eigenvalue weighted by Crippen LogP contribution is 2.38. The molecule has 9 heteroatoms. The molecule has 3 heterocycles. The van der Waals surface area contributed by atoms with Crippen molar-refractivity contribution in [3.63, 3.8) is 0 Å². The zero-order chi connectivity index (χ0) is 18.4. The van der Waals surface area contributed by atoms with Gasteiger partial charge in [0, 0.05) is 6.42 Å². The van der Waals surface area contributed by atoms with Gasteiger partial charge < -0.3 is 19.3 Å². The predicted molar refractivity (Wildman–Crippen MR) is 95.8 cm³/mol. The molecule has 0 bridgehead atoms. The van der Waals surface area contributed by atoms with Crippen LogP contribution in [0, 0.1) is 0 Å². The van der Waals surface area contributed by atoms with Crippen LogP contribution in [-0.2, 0) is 9.16 Å². The standard InChI is InChI=1S/C16H26N4O4Si/c1-16(2,3)25(4,5)23-7-11-10(21)6-12(24-11)20-9-19-13-14(20)17-8-18-15(13)22/h8-12,21H,6-7H2,1-5H3,(H,17,18,22)/t10-,11-,12+/m0/s1. The summed E-state index contributed by atoms with van der Waals surface area (Å²) in [5, 5.41) is 10.5. The van der Waals surface area contributed by atoms with E-state index < -0.39 is 26.8 Å². The molecule has 25 heavy (non-hydrogen) atoms. The Hall–Kier alpha value is -1.55. The van der Waals surface area contributed by atoms with E-state index in [4.69, 9.17) is 9.16 Å². The quantitative estimate of drug-likeness (QED) is 0.800. The highest BCUT2D eigenvalue weighted by atomic mass is 28.4. The van der Waals surface area contributed by atoms with Gasteiger partial charge >= 0.3 is 0 Å². The van der Waals surface area contributed by atoms with Crippen molar-refractivity contribution in [2.24, 2.45) is 0 Å². The molecule has 0 spiro atoms. The van der Waals surface area contributed by atoms with Crippen molar-refractivity contribution in [2.45, 2.75) is 63.8 Å². The molecular weight excluding hydrogens is 340 g/mol. The van der Waals surface area contributed by atoms with E-state index in [1.165, 1.54) is 12.7 Å². The van der Waals surface area contributed by atoms with Gasteiger partial charge in [-0.3, -0.25) is 9.36 Å². The molecule has 8 nitrogen and oxygen atoms in total. The summed E-state index contributed by atoms with van der Waals surface area (Å²) in [4.78, 5) is 22.5. The van der Waals surface area contributed by atoms with Gasteiger partial charge in [0.1, 0.15) is 12.3 Å². The zero-order valence-electron chi connectivity index (χ0n) is 15.3. The first-order valence-electron chi connectivity index (χ1n) is 8.48. The van der Waals surface area contributed by atoms with Crippen molar-refractivity contribution in [1.82, 2.24) is 19.5 Å². The van der Waals surface area contributed by atoms with Gasteiger partial charge in [0.05, 0.1) is 25.4 Å². The van der Waals surface area contributed by atoms with Crippen LogP contribution in [0.1, 0.15) is 33.4 Å². The molecule has 2 aromatic heterocycles. The molecule has 1 saturated heterocycles. The molecule has 138 valence electrons. The van der Waals surface area contributed by atoms with E-state index in [1.54, 1.807) is 4.57 Å². The maximum Gasteiger partial charge on any atom is 0.278 e. The molecule has 3 atom stereocenters. The molecule has 0 aromatic carbocycles. The lowest BCUT2D eigenvalue weighted by atomic mass is 10.2. The second-order valence-electron chi connectivity index (χ2n) is 8.06. The van der Waals surface area contributed by atoms with E-state index in [0.29, 0.717) is 18.7 Å². The van der Waals surface area contributed by atoms with Crippen molar-refractivity contribution in [3.8, 4) is 0 Å². The lowest BCUT2D eigenvalue weighted by molar-refractivity contribution is -0.0405. The summed E-state index contributed by atoms with van der Waals surface area (Å²) in [5.41, 5.74) is 0.425. The molecule has 0 saturated carbocycles. The summed E-state index contributed by atoms with van der Waals surface area (Å²) in [5.74, 6) is 0. The Morgan fingerprint density at radius 3 is 2.84 bits per heavy atom. The van der Waals surface area contributed by atoms with Crippen LogP contribution in [0.5, 0.6) is 0 Å². The summed E-state index contributed by atoms with van der Waals surface area (Å²) in [6, 6.07) is 0. The van der Waals surface area contributed by atoms with Crippen molar-refractivity contribution in [3.05, 3.63) is 23.0 Å². The minimum atomic E-state index is -1.91. The molecule has 0 radical (unpaired) electrons. The van der Waals surface area contributed by atoms with E-state index in [9.17, 15) is 9.90 Å². The summed E-state index contributed by atoms with van der Waals surface area (Å²) in [7, 11) is -1.91. The number of hydrogen-bond donors (Lipinski definition) is 2. The van der Waals surface area contributed by atoms with Gasteiger partial charge in [-0.1, -0.05) is 20.8 Å². The van der Waals surface area contributed by atoms with E-state index in [-0.39, 0.29) is 16.1 Å². The third-order valence-corrected chi connectivity index (χ3v) is 9.79. The Bertz CT molecular complexity index is 810. The topological polar surface area (TPSA) is 102 Å². The number of rotatable bonds is 4. The number of aliphatic hydroxyl groups is 1. The summed E-state index contributed by atoms with van der Waals surface area (Å²) < 4.78 is 13.9. The van der Waals surface area contributed by atoms with E-state index >= 15 is 0 Å². The molecule has 0 unspecified atom stereocenters. The maximum atomic E-state index is 11.8. The van der Waals surface area contributed by atoms with E-state index in [1.807, 2.05) is 0 Å². The summed E-state index contributed by atoms with van der Waals surface area (Å²) in [6.45, 7) is 11.2. The Morgan fingerprint density at radius 2 is 2.16 bits per heavy atom. The fraction of sp³-hybridized carbons (Fsp3) is 0.688. The van der Waals surface area contributed by atoms with Crippen LogP contribution in [0.25, 0.3) is 11.2 Å². The van der Waals surface area contributed by atoms with Crippen molar-refractivity contribution >= 4 is 19.5 Å². The van der Waals surface area contributed by atoms with Crippen LogP contribution in [0.2, 0.25) is 18.1 Å². The summed E-state index contributed by atoms with van der Waals surface area (Å²) in [6.07, 6.45) is 1.83. The van der Waals surface area contributed by atoms with Gasteiger partial charge in [0.15, 0.2) is 19.5 Å². The highest BCUT2D eigenvalue weighted by Gasteiger charge is 2.41. The number of hydrogen-bond acceptors (Lipinski definition) is 6. The zero-order valence-corrected chi connectivity index (χ0v) is 16.3. The van der Waals surface area contributed by atoms with Crippen LogP contribution >= 0.6 is 0 Å². The van der Waals surface area contributed by atoms with Gasteiger partial charge in [-0.05, 0) is 18.1 Å². The van der Waals surface area contributed by atoms with Gasteiger partial charge in [-0.25, -0.2) is 9.97 Å². The number of ether oxygens (including phenoxy) is 1. The Morgan fingerprint density at radius 1 is 1.44 bits per heavy atom. The number of aliphatic hydroxyl groups excluding tert-OH is 1. The van der Waals surface area contributed by atoms with Crippen LogP contribution < -0.4 is 5.56 Å². The summed E-state index contributed by atoms with van der Waals surface area (Å²) >= 11 is 0. The van der Waals surface area contributed by atoms with Gasteiger partial charge in [0.25, 0.3) is 5.56 Å². The highest BCUT2D eigenvalue weighted by molar-refractivity contribution is 6.74. The van der Waals surface area contributed by atoms with Crippen LogP contribution in [0.3, 0.4) is 0 Å². The number of aromatic amines is 1. The molecule has 2 N–H and O–H groups in total. The van der Waals surface area contributed by atoms with Crippen LogP contribution in [0.15, 0.2) is 17.4 Å². The van der Waals surface area contributed by atoms with Gasteiger partial charge in [-0.2, -0.15) is 0 Å². The molecule has 1 fully saturated rings. The van der Waals surface area contributed by atoms with Crippen molar-refractivity contribution < 1.29 is 14.3 Å². The molecule has 0 aliphatic carbocycles. The smallest absolute Gasteiger partial charge is 0.278 e. The number of H-pyrrole nitrogens is 1. The second-order valence-corrected chi connectivity index (χ2v) is 12.9. The maximum absolute atomic E-state index is 11.8. The molecule has 3 rings (SSSR count). The average Bonchev–Trinajstić information content (AvgIpc) is 3.08. The van der Waals surface area contributed by atoms with Crippen LogP contribution in [0.4, 0.5) is 0 Å². The van der Waals surface area contributed by atoms with Crippen LogP contribution in [-0.4, -0.2) is 51.8 Å². The molecule has 2 aromatic rings. The van der Waals surface area contributed by atoms with Gasteiger partial charge in [0.2, 0.25) is 0 Å². The average molecular weight is 366 g/mol. The normalized spacial score (nSPS) is 25.0. The first kappa shape index (κ1) is 18.2. The molecule has 1 aliphatic heterocycles. The SMILES string of the molecule is CC(C)(C)[Si](C)(C)OC[C@@H]1O[C@@H](n2cnc3c(=O)[nH]cnc32)C[C@@H]1O. The van der Waals surface area contributed by atoms with E-state index in [0.717, 1.165) is 0 Å². The largest absolute Gasteiger partial charge is 0.414 e. The minimum absolute atomic E-state index is 0.0987. The fourth-order valence-electron chi connectivity index (χ4n) is 2.62. The molecule has 1 aliphatic rings. The predicted octanol–water partition coefficient (Wildman–Crippen LogP) is 1.79. The third kappa shape index (κ3) is 3.41. The number of fused-ring (bicyclic) bond motifs is 1. The third-order valence-electron chi connectivity index (χ3n) is 5.29. The minimum Gasteiger partial charge on any atom is -0.414 e. The van der Waals surface area contributed by atoms with Crippen molar-refractivity contribution in [2.75, 3.05) is 6.61 Å². The lowest BCUT2D eigenvalue weighted by Gasteiger charge is -2.37. The number of aromatic nitrogens is 4. The first-order chi connectivity index (χ1) is 11.6. The monoisotopic (exact) mass is 366 g/mol. The molecular formula is C16H26N4O4Si. The fourth-order valence-corrected chi connectivity index (χ4v) is 3.63. The van der Waals surface area contributed by atoms with Crippen molar-refractivity contribution in [1.29, 1.82) is 0 Å². The van der Waals surface area contributed by atoms with Gasteiger partial charge in [-0.15, -0.1) is 0 Å². The lowest BCUT2D eigenvalue weighted by Crippen LogP contribution is -2.43. The van der Waals surface area contributed by atoms with E-state index in [2.05, 4.69) is 48.8 Å². The molecule has 0 amide bonds. The second kappa shape index (κ2) is 6.31. The Labute approximate surface area is 147 Å². The Balaban J connectivity index is 1.73. The Kier molecular flexibility index (Phi) is 4.61. The number of imidazole rings is 1. The number of nitrogens with one attached hydrogen (secondary N) is 1. The first-order valence-corrected chi connectivity index (χ1v) is 11.4.